The van der Waals surface area contributed by atoms with Crippen LogP contribution in [0.4, 0.5) is 0 Å². The smallest absolute Gasteiger partial charge is 0.226 e. The van der Waals surface area contributed by atoms with Gasteiger partial charge in [-0.25, -0.2) is 0 Å². The van der Waals surface area contributed by atoms with Crippen LogP contribution in [0.1, 0.15) is 43.8 Å². The molecule has 16 heavy (non-hydrogen) atoms. The number of likely N-dealkylation sites (N-methyl/N-ethyl adjacent to an activating group) is 1. The Hall–Kier alpha value is -0.900. The Morgan fingerprint density at radius 3 is 2.88 bits per heavy atom. The van der Waals surface area contributed by atoms with Gasteiger partial charge >= 0.3 is 0 Å². The van der Waals surface area contributed by atoms with E-state index in [1.165, 1.54) is 32.1 Å². The quantitative estimate of drug-likeness (QED) is 0.801. The minimum atomic E-state index is 0.818. The summed E-state index contributed by atoms with van der Waals surface area (Å²) in [5.74, 6) is 2.54. The maximum absolute atomic E-state index is 5.23. The van der Waals surface area contributed by atoms with Gasteiger partial charge in [0, 0.05) is 19.4 Å². The summed E-state index contributed by atoms with van der Waals surface area (Å²) < 4.78 is 5.23. The van der Waals surface area contributed by atoms with Gasteiger partial charge in [0.15, 0.2) is 5.82 Å². The van der Waals surface area contributed by atoms with Crippen LogP contribution in [-0.4, -0.2) is 23.7 Å². The SMILES string of the molecule is CNCCc1noc(CCC2CCCC2)n1. The predicted molar refractivity (Wildman–Crippen MR) is 62.2 cm³/mol. The average Bonchev–Trinajstić information content (AvgIpc) is 2.95. The van der Waals surface area contributed by atoms with Crippen molar-refractivity contribution in [2.45, 2.75) is 44.9 Å². The molecule has 1 aromatic heterocycles. The molecule has 0 aromatic carbocycles. The lowest BCUT2D eigenvalue weighted by Crippen LogP contribution is -2.11. The second-order valence-electron chi connectivity index (χ2n) is 4.65. The van der Waals surface area contributed by atoms with E-state index >= 15 is 0 Å². The van der Waals surface area contributed by atoms with Crippen molar-refractivity contribution >= 4 is 0 Å². The number of rotatable bonds is 6. The lowest BCUT2D eigenvalue weighted by molar-refractivity contribution is 0.357. The minimum absolute atomic E-state index is 0.818. The third-order valence-corrected chi connectivity index (χ3v) is 3.35. The van der Waals surface area contributed by atoms with E-state index < -0.39 is 0 Å². The molecule has 1 heterocycles. The third kappa shape index (κ3) is 3.30. The van der Waals surface area contributed by atoms with Crippen LogP contribution in [0.5, 0.6) is 0 Å². The van der Waals surface area contributed by atoms with Crippen LogP contribution in [-0.2, 0) is 12.8 Å². The normalized spacial score (nSPS) is 17.1. The van der Waals surface area contributed by atoms with Crippen molar-refractivity contribution < 1.29 is 4.52 Å². The first-order valence-corrected chi connectivity index (χ1v) is 6.34. The Morgan fingerprint density at radius 2 is 2.12 bits per heavy atom. The molecule has 0 atom stereocenters. The zero-order valence-corrected chi connectivity index (χ0v) is 10.0. The highest BCUT2D eigenvalue weighted by Crippen LogP contribution is 2.28. The van der Waals surface area contributed by atoms with Crippen LogP contribution in [0, 0.1) is 5.92 Å². The third-order valence-electron chi connectivity index (χ3n) is 3.35. The molecule has 4 heteroatoms. The highest BCUT2D eigenvalue weighted by molar-refractivity contribution is 4.87. The first kappa shape index (κ1) is 11.6. The van der Waals surface area contributed by atoms with Gasteiger partial charge in [-0.15, -0.1) is 0 Å². The Morgan fingerprint density at radius 1 is 1.31 bits per heavy atom. The van der Waals surface area contributed by atoms with E-state index in [0.29, 0.717) is 0 Å². The summed E-state index contributed by atoms with van der Waals surface area (Å²) in [5.41, 5.74) is 0. The Bertz CT molecular complexity index is 305. The van der Waals surface area contributed by atoms with Gasteiger partial charge in [0.1, 0.15) is 0 Å². The molecule has 1 aromatic rings. The van der Waals surface area contributed by atoms with Crippen LogP contribution in [0.2, 0.25) is 0 Å². The molecule has 90 valence electrons. The second-order valence-corrected chi connectivity index (χ2v) is 4.65. The number of hydrogen-bond acceptors (Lipinski definition) is 4. The molecule has 1 N–H and O–H groups in total. The highest BCUT2D eigenvalue weighted by Gasteiger charge is 2.16. The van der Waals surface area contributed by atoms with Crippen molar-refractivity contribution in [3.63, 3.8) is 0 Å². The van der Waals surface area contributed by atoms with Crippen molar-refractivity contribution in [3.05, 3.63) is 11.7 Å². The predicted octanol–water partition coefficient (Wildman–Crippen LogP) is 1.95. The molecule has 0 spiro atoms. The maximum atomic E-state index is 5.23. The molecular formula is C12H21N3O. The zero-order chi connectivity index (χ0) is 11.2. The molecular weight excluding hydrogens is 202 g/mol. The molecule has 4 nitrogen and oxygen atoms in total. The topological polar surface area (TPSA) is 51.0 Å². The molecule has 1 saturated carbocycles. The fourth-order valence-corrected chi connectivity index (χ4v) is 2.36. The van der Waals surface area contributed by atoms with Crippen LogP contribution >= 0.6 is 0 Å². The van der Waals surface area contributed by atoms with Crippen LogP contribution in [0.25, 0.3) is 0 Å². The van der Waals surface area contributed by atoms with Gasteiger partial charge in [-0.05, 0) is 19.4 Å². The molecule has 0 saturated heterocycles. The van der Waals surface area contributed by atoms with Crippen molar-refractivity contribution in [2.24, 2.45) is 5.92 Å². The fourth-order valence-electron chi connectivity index (χ4n) is 2.36. The van der Waals surface area contributed by atoms with Crippen LogP contribution in [0.15, 0.2) is 4.52 Å². The lowest BCUT2D eigenvalue weighted by atomic mass is 10.0. The molecule has 0 unspecified atom stereocenters. The average molecular weight is 223 g/mol. The maximum Gasteiger partial charge on any atom is 0.226 e. The Kier molecular flexibility index (Phi) is 4.34. The molecule has 1 fully saturated rings. The highest BCUT2D eigenvalue weighted by atomic mass is 16.5. The summed E-state index contributed by atoms with van der Waals surface area (Å²) in [4.78, 5) is 4.39. The van der Waals surface area contributed by atoms with Gasteiger partial charge in [0.05, 0.1) is 0 Å². The lowest BCUT2D eigenvalue weighted by Gasteiger charge is -2.04. The van der Waals surface area contributed by atoms with E-state index in [2.05, 4.69) is 15.5 Å². The number of nitrogens with one attached hydrogen (secondary N) is 1. The number of aryl methyl sites for hydroxylation is 1. The summed E-state index contributed by atoms with van der Waals surface area (Å²) in [6.07, 6.45) is 8.61. The number of hydrogen-bond donors (Lipinski definition) is 1. The summed E-state index contributed by atoms with van der Waals surface area (Å²) in [6.45, 7) is 0.904. The minimum Gasteiger partial charge on any atom is -0.339 e. The summed E-state index contributed by atoms with van der Waals surface area (Å²) in [7, 11) is 1.93. The van der Waals surface area contributed by atoms with E-state index in [1.807, 2.05) is 7.05 Å². The zero-order valence-electron chi connectivity index (χ0n) is 10.0. The fraction of sp³-hybridized carbons (Fsp3) is 0.833. The summed E-state index contributed by atoms with van der Waals surface area (Å²) in [5, 5.41) is 7.05. The van der Waals surface area contributed by atoms with Crippen molar-refractivity contribution in [1.82, 2.24) is 15.5 Å². The second kappa shape index (κ2) is 5.99. The monoisotopic (exact) mass is 223 g/mol. The molecule has 1 aliphatic carbocycles. The summed E-state index contributed by atoms with van der Waals surface area (Å²) >= 11 is 0. The molecule has 0 amide bonds. The van der Waals surface area contributed by atoms with E-state index in [4.69, 9.17) is 4.52 Å². The number of nitrogens with zero attached hydrogens (tertiary/aromatic N) is 2. The first-order chi connectivity index (χ1) is 7.88. The van der Waals surface area contributed by atoms with Gasteiger partial charge in [0.2, 0.25) is 5.89 Å². The molecule has 0 radical (unpaired) electrons. The summed E-state index contributed by atoms with van der Waals surface area (Å²) in [6, 6.07) is 0. The largest absolute Gasteiger partial charge is 0.339 e. The van der Waals surface area contributed by atoms with Gasteiger partial charge < -0.3 is 9.84 Å². The van der Waals surface area contributed by atoms with Crippen LogP contribution in [0.3, 0.4) is 0 Å². The molecule has 1 aliphatic rings. The molecule has 2 rings (SSSR count). The van der Waals surface area contributed by atoms with Gasteiger partial charge in [-0.1, -0.05) is 30.8 Å². The van der Waals surface area contributed by atoms with Gasteiger partial charge in [-0.3, -0.25) is 0 Å². The van der Waals surface area contributed by atoms with Gasteiger partial charge in [-0.2, -0.15) is 4.98 Å². The van der Waals surface area contributed by atoms with E-state index in [0.717, 1.165) is 37.0 Å². The van der Waals surface area contributed by atoms with Crippen molar-refractivity contribution in [1.29, 1.82) is 0 Å². The Labute approximate surface area is 96.8 Å². The van der Waals surface area contributed by atoms with E-state index in [1.54, 1.807) is 0 Å². The standard InChI is InChI=1S/C12H21N3O/c1-13-9-8-11-14-12(16-15-11)7-6-10-4-2-3-5-10/h10,13H,2-9H2,1H3. The van der Waals surface area contributed by atoms with Crippen molar-refractivity contribution in [3.8, 4) is 0 Å². The van der Waals surface area contributed by atoms with Gasteiger partial charge in [0.25, 0.3) is 0 Å². The van der Waals surface area contributed by atoms with E-state index in [-0.39, 0.29) is 0 Å². The van der Waals surface area contributed by atoms with Crippen LogP contribution < -0.4 is 5.32 Å². The molecule has 0 bridgehead atoms. The Balaban J connectivity index is 1.73. The molecule has 0 aliphatic heterocycles. The van der Waals surface area contributed by atoms with E-state index in [9.17, 15) is 0 Å². The van der Waals surface area contributed by atoms with Crippen molar-refractivity contribution in [2.75, 3.05) is 13.6 Å². The number of aromatic nitrogens is 2. The first-order valence-electron chi connectivity index (χ1n) is 6.34.